The fourth-order valence-corrected chi connectivity index (χ4v) is 12.1. The van der Waals surface area contributed by atoms with Crippen molar-refractivity contribution >= 4 is 35.6 Å². The Bertz CT molecular complexity index is 1630. The minimum Gasteiger partial charge on any atom is -0.462 e. The molecule has 0 bridgehead atoms. The van der Waals surface area contributed by atoms with Crippen LogP contribution in [0, 0.1) is 51.8 Å². The molecule has 17 atom stereocenters. The van der Waals surface area contributed by atoms with Gasteiger partial charge >= 0.3 is 29.8 Å². The summed E-state index contributed by atoms with van der Waals surface area (Å²) in [7, 11) is 0. The molecule has 0 amide bonds. The lowest BCUT2D eigenvalue weighted by Crippen LogP contribution is -2.77. The fourth-order valence-electron chi connectivity index (χ4n) is 12.1. The number of rotatable bonds is 4. The van der Waals surface area contributed by atoms with Crippen molar-refractivity contribution in [3.63, 3.8) is 0 Å². The summed E-state index contributed by atoms with van der Waals surface area (Å²) in [5.74, 6) is -8.70. The molecule has 0 aromatic heterocycles. The van der Waals surface area contributed by atoms with Crippen molar-refractivity contribution in [2.24, 2.45) is 51.8 Å². The molecule has 274 valence electrons. The number of esters is 5. The van der Waals surface area contributed by atoms with Crippen molar-refractivity contribution in [2.75, 3.05) is 0 Å². The van der Waals surface area contributed by atoms with Crippen LogP contribution in [0.15, 0.2) is 11.8 Å². The van der Waals surface area contributed by atoms with E-state index in [1.165, 1.54) is 27.7 Å². The number of epoxide rings is 1. The molecule has 7 aliphatic rings. The van der Waals surface area contributed by atoms with E-state index in [1.807, 2.05) is 13.8 Å². The van der Waals surface area contributed by atoms with Gasteiger partial charge in [-0.05, 0) is 44.1 Å². The lowest BCUT2D eigenvalue weighted by molar-refractivity contribution is -0.269. The molecule has 4 saturated carbocycles. The van der Waals surface area contributed by atoms with Gasteiger partial charge in [-0.2, -0.15) is 0 Å². The van der Waals surface area contributed by atoms with E-state index in [-0.39, 0.29) is 18.6 Å². The van der Waals surface area contributed by atoms with E-state index in [9.17, 15) is 39.0 Å². The number of allylic oxidation sites excluding steroid dienone is 1. The topological polar surface area (TPSA) is 202 Å². The van der Waals surface area contributed by atoms with Crippen LogP contribution in [0.5, 0.6) is 0 Å². The zero-order valence-electron chi connectivity index (χ0n) is 29.7. The molecule has 2 heterocycles. The number of hydrogen-bond acceptors (Lipinski definition) is 14. The predicted molar refractivity (Wildman–Crippen MR) is 166 cm³/mol. The van der Waals surface area contributed by atoms with Crippen molar-refractivity contribution in [1.29, 1.82) is 0 Å². The number of carbonyl (C=O) groups excluding carboxylic acids is 6. The van der Waals surface area contributed by atoms with Crippen molar-refractivity contribution in [3.8, 4) is 0 Å². The molecule has 50 heavy (non-hydrogen) atoms. The zero-order chi connectivity index (χ0) is 36.8. The number of carbonyl (C=O) groups is 6. The van der Waals surface area contributed by atoms with Gasteiger partial charge in [0.1, 0.15) is 35.8 Å². The first-order valence-electron chi connectivity index (χ1n) is 17.4. The van der Waals surface area contributed by atoms with Gasteiger partial charge in [-0.3, -0.25) is 24.0 Å². The SMILES string of the molecule is CC(=O)O[C@@H]1[C@H]2[C@@H]3[C@@H](OC(C)=O)C(=O)C4(O)C[C@@H]5O[C@@H]5[C@H](OC(C)=O)[C@]4(C)[C@H]3C[C@H](OC(C)=O)[C@]2(C)[C@@H]2[C@H]1[C@]1(C)C(=C[C@H]2C)OC(=O)[C@@]1(C)O. The maximum absolute atomic E-state index is 14.9. The Morgan fingerprint density at radius 3 is 2.02 bits per heavy atom. The minimum atomic E-state index is -2.20. The Morgan fingerprint density at radius 2 is 1.44 bits per heavy atom. The highest BCUT2D eigenvalue weighted by molar-refractivity contribution is 5.95. The smallest absolute Gasteiger partial charge is 0.343 e. The predicted octanol–water partition coefficient (Wildman–Crippen LogP) is 1.56. The number of Topliss-reactive ketones (excluding diaryl/α,β-unsaturated/α-hetero) is 1. The normalized spacial score (nSPS) is 52.3. The largest absolute Gasteiger partial charge is 0.462 e. The molecule has 2 saturated heterocycles. The van der Waals surface area contributed by atoms with Gasteiger partial charge in [0, 0.05) is 62.7 Å². The third-order valence-corrected chi connectivity index (χ3v) is 14.2. The van der Waals surface area contributed by atoms with E-state index in [0.29, 0.717) is 0 Å². The monoisotopic (exact) mass is 702 g/mol. The van der Waals surface area contributed by atoms with Crippen LogP contribution in [-0.2, 0) is 57.2 Å². The van der Waals surface area contributed by atoms with Crippen molar-refractivity contribution in [2.45, 2.75) is 123 Å². The van der Waals surface area contributed by atoms with Gasteiger partial charge in [-0.1, -0.05) is 20.8 Å². The van der Waals surface area contributed by atoms with Crippen LogP contribution >= 0.6 is 0 Å². The molecule has 14 nitrogen and oxygen atoms in total. The first-order valence-corrected chi connectivity index (χ1v) is 17.4. The molecule has 2 aliphatic heterocycles. The average molecular weight is 703 g/mol. The maximum Gasteiger partial charge on any atom is 0.343 e. The molecule has 7 rings (SSSR count). The Balaban J connectivity index is 1.52. The Kier molecular flexibility index (Phi) is 7.43. The molecule has 14 heteroatoms. The average Bonchev–Trinajstić information content (AvgIpc) is 3.66. The van der Waals surface area contributed by atoms with Crippen molar-refractivity contribution < 1.29 is 67.4 Å². The van der Waals surface area contributed by atoms with Crippen molar-refractivity contribution in [3.05, 3.63) is 11.8 Å². The third-order valence-electron chi connectivity index (χ3n) is 14.2. The summed E-state index contributed by atoms with van der Waals surface area (Å²) in [6, 6.07) is 0. The quantitative estimate of drug-likeness (QED) is 0.243. The van der Waals surface area contributed by atoms with Crippen LogP contribution in [0.4, 0.5) is 0 Å². The number of hydrogen-bond donors (Lipinski definition) is 2. The van der Waals surface area contributed by atoms with Gasteiger partial charge in [0.2, 0.25) is 5.78 Å². The van der Waals surface area contributed by atoms with Crippen LogP contribution in [0.2, 0.25) is 0 Å². The lowest BCUT2D eigenvalue weighted by Gasteiger charge is -2.65. The van der Waals surface area contributed by atoms with Crippen LogP contribution in [0.3, 0.4) is 0 Å². The second-order valence-electron chi connectivity index (χ2n) is 16.5. The van der Waals surface area contributed by atoms with Gasteiger partial charge in [-0.25, -0.2) is 4.79 Å². The molecule has 2 N–H and O–H groups in total. The van der Waals surface area contributed by atoms with E-state index in [4.69, 9.17) is 28.4 Å². The summed E-state index contributed by atoms with van der Waals surface area (Å²) in [5, 5.41) is 24.5. The second-order valence-corrected chi connectivity index (χ2v) is 16.5. The van der Waals surface area contributed by atoms with Crippen LogP contribution in [0.25, 0.3) is 0 Å². The third kappa shape index (κ3) is 4.12. The van der Waals surface area contributed by atoms with E-state index in [1.54, 1.807) is 19.9 Å². The first-order chi connectivity index (χ1) is 23.1. The molecule has 6 fully saturated rings. The van der Waals surface area contributed by atoms with E-state index in [2.05, 4.69) is 0 Å². The Hall–Kier alpha value is -3.36. The highest BCUT2D eigenvalue weighted by atomic mass is 16.6. The summed E-state index contributed by atoms with van der Waals surface area (Å²) < 4.78 is 35.8. The number of aliphatic hydroxyl groups is 2. The van der Waals surface area contributed by atoms with Gasteiger partial charge in [0.25, 0.3) is 0 Å². The number of ether oxygens (including phenoxy) is 6. The zero-order valence-corrected chi connectivity index (χ0v) is 29.7. The molecule has 1 unspecified atom stereocenters. The van der Waals surface area contributed by atoms with Crippen LogP contribution < -0.4 is 0 Å². The molecule has 5 aliphatic carbocycles. The van der Waals surface area contributed by atoms with Crippen LogP contribution in [0.1, 0.15) is 75.2 Å². The molecule has 0 spiro atoms. The van der Waals surface area contributed by atoms with Gasteiger partial charge in [0.05, 0.1) is 11.5 Å². The van der Waals surface area contributed by atoms with Gasteiger partial charge < -0.3 is 38.6 Å². The number of ketones is 1. The Labute approximate surface area is 289 Å². The van der Waals surface area contributed by atoms with Gasteiger partial charge in [-0.15, -0.1) is 0 Å². The summed E-state index contributed by atoms with van der Waals surface area (Å²) in [4.78, 5) is 79.6. The summed E-state index contributed by atoms with van der Waals surface area (Å²) in [6.07, 6.45) is -4.30. The maximum atomic E-state index is 14.9. The molecule has 0 aromatic rings. The first kappa shape index (κ1) is 35.1. The number of fused-ring (bicyclic) bond motifs is 10. The van der Waals surface area contributed by atoms with E-state index < -0.39 is 135 Å². The highest BCUT2D eigenvalue weighted by Crippen LogP contribution is 2.76. The van der Waals surface area contributed by atoms with Crippen molar-refractivity contribution in [1.82, 2.24) is 0 Å². The summed E-state index contributed by atoms with van der Waals surface area (Å²) >= 11 is 0. The molecule has 0 radical (unpaired) electrons. The second kappa shape index (κ2) is 10.6. The molecular formula is C36H46O14. The molecule has 0 aromatic carbocycles. The Morgan fingerprint density at radius 1 is 0.840 bits per heavy atom. The van der Waals surface area contributed by atoms with E-state index in [0.717, 1.165) is 6.92 Å². The standard InChI is InChI=1S/C36H46O14/c1-13-10-21-34(8,35(9,43)31(42)50-21)25-23(13)32(6)20(45-14(2)37)11-18-22(24(32)28(25)47-16(4)39)27(46-15(3)38)29(41)36(44)12-19-26(49-19)30(33(18,36)7)48-17(5)40/h10,13,18-20,22-28,30,43-44H,11-12H2,1-9H3/t13-,18+,19+,20+,22-,23+,24-,25-,26+,27-,28-,30+,32-,33+,34+,35-,36?/m1/s1. The lowest BCUT2D eigenvalue weighted by atomic mass is 9.40. The van der Waals surface area contributed by atoms with E-state index >= 15 is 0 Å². The van der Waals surface area contributed by atoms with Gasteiger partial charge in [0.15, 0.2) is 11.7 Å². The summed E-state index contributed by atoms with van der Waals surface area (Å²) in [5.41, 5.74) is -8.42. The highest BCUT2D eigenvalue weighted by Gasteiger charge is 2.84. The summed E-state index contributed by atoms with van der Waals surface area (Å²) in [6.45, 7) is 13.4. The molecular weight excluding hydrogens is 656 g/mol. The minimum absolute atomic E-state index is 0.0398. The fraction of sp³-hybridized carbons (Fsp3) is 0.778. The van der Waals surface area contributed by atoms with Crippen LogP contribution in [-0.4, -0.2) is 93.7 Å².